The fourth-order valence-electron chi connectivity index (χ4n) is 3.16. The Morgan fingerprint density at radius 1 is 0.897 bits per heavy atom. The molecule has 0 aliphatic carbocycles. The fourth-order valence-corrected chi connectivity index (χ4v) is 3.16. The van der Waals surface area contributed by atoms with Crippen LogP contribution in [0.3, 0.4) is 0 Å². The molecule has 0 unspecified atom stereocenters. The van der Waals surface area contributed by atoms with Gasteiger partial charge in [-0.1, -0.05) is 78.9 Å². The predicted molar refractivity (Wildman–Crippen MR) is 114 cm³/mol. The minimum Gasteiger partial charge on any atom is -0.493 e. The number of aromatic hydroxyl groups is 1. The van der Waals surface area contributed by atoms with Gasteiger partial charge in [0.1, 0.15) is 0 Å². The molecule has 0 bridgehead atoms. The summed E-state index contributed by atoms with van der Waals surface area (Å²) in [5, 5.41) is 19.3. The molecule has 5 nitrogen and oxygen atoms in total. The number of hydrogen-bond acceptors (Lipinski definition) is 3. The third-order valence-corrected chi connectivity index (χ3v) is 4.57. The van der Waals surface area contributed by atoms with Crippen molar-refractivity contribution in [2.45, 2.75) is 6.54 Å². The molecule has 1 amide bonds. The predicted octanol–water partition coefficient (Wildman–Crippen LogP) is 5.72. The summed E-state index contributed by atoms with van der Waals surface area (Å²) >= 11 is 0. The topological polar surface area (TPSA) is 66.9 Å². The van der Waals surface area contributed by atoms with E-state index in [1.54, 1.807) is 10.6 Å². The molecule has 4 rings (SSSR count). The van der Waals surface area contributed by atoms with E-state index in [0.29, 0.717) is 6.54 Å². The van der Waals surface area contributed by atoms with E-state index >= 15 is 0 Å². The van der Waals surface area contributed by atoms with Gasteiger partial charge in [-0.25, -0.2) is 0 Å². The van der Waals surface area contributed by atoms with E-state index in [4.69, 9.17) is 0 Å². The Hall–Kier alpha value is -3.99. The van der Waals surface area contributed by atoms with Gasteiger partial charge in [-0.05, 0) is 23.3 Å². The van der Waals surface area contributed by atoms with Gasteiger partial charge < -0.3 is 9.67 Å². The molecule has 29 heavy (non-hydrogen) atoms. The number of aromatic nitrogens is 1. The highest BCUT2D eigenvalue weighted by Crippen LogP contribution is 2.39. The lowest BCUT2D eigenvalue weighted by molar-refractivity contribution is -0.113. The van der Waals surface area contributed by atoms with Gasteiger partial charge in [-0.3, -0.25) is 4.79 Å². The number of rotatable bonds is 5. The number of benzene rings is 3. The lowest BCUT2D eigenvalue weighted by Crippen LogP contribution is -1.98. The van der Waals surface area contributed by atoms with Gasteiger partial charge in [0.15, 0.2) is 5.69 Å². The number of nitrogens with zero attached hydrogens (tertiary/aromatic N) is 3. The molecular weight excluding hydrogens is 362 g/mol. The van der Waals surface area contributed by atoms with Crippen LogP contribution in [-0.4, -0.2) is 15.6 Å². The molecule has 0 saturated heterocycles. The minimum atomic E-state index is -0.492. The van der Waals surface area contributed by atoms with E-state index in [-0.39, 0.29) is 11.6 Å². The molecule has 4 aromatic rings. The lowest BCUT2D eigenvalue weighted by Gasteiger charge is -2.06. The van der Waals surface area contributed by atoms with Crippen LogP contribution in [0.2, 0.25) is 0 Å². The van der Waals surface area contributed by atoms with Crippen LogP contribution >= 0.6 is 0 Å². The van der Waals surface area contributed by atoms with Crippen LogP contribution in [-0.2, 0) is 11.3 Å². The van der Waals surface area contributed by atoms with Crippen molar-refractivity contribution < 1.29 is 9.90 Å². The number of fused-ring (bicyclic) bond motifs is 1. The van der Waals surface area contributed by atoms with Gasteiger partial charge in [0.2, 0.25) is 5.88 Å². The Morgan fingerprint density at radius 3 is 2.31 bits per heavy atom. The van der Waals surface area contributed by atoms with Crippen LogP contribution in [0.1, 0.15) is 11.1 Å². The molecule has 0 aliphatic rings. The normalized spacial score (nSPS) is 11.6. The number of carbonyl (C=O) groups excluding carboxylic acids is 1. The summed E-state index contributed by atoms with van der Waals surface area (Å²) in [6.07, 6.45) is 3.04. The first kappa shape index (κ1) is 18.4. The molecule has 0 fully saturated rings. The van der Waals surface area contributed by atoms with Crippen molar-refractivity contribution in [2.75, 3.05) is 0 Å². The first-order valence-corrected chi connectivity index (χ1v) is 9.25. The van der Waals surface area contributed by atoms with Crippen LogP contribution in [0, 0.1) is 0 Å². The molecule has 0 saturated carbocycles. The zero-order chi connectivity index (χ0) is 20.1. The Balaban J connectivity index is 1.63. The standard InChI is InChI=1S/C24H19N3O2/c28-22(16-15-18-9-3-1-4-10-18)25-26-23-20-13-7-8-14-21(20)27(24(23)29)17-19-11-5-2-6-12-19/h1-16,29H,17H2/b16-15+,26-25?. The molecular formula is C24H19N3O2. The highest BCUT2D eigenvalue weighted by atomic mass is 16.3. The molecule has 1 heterocycles. The van der Waals surface area contributed by atoms with Gasteiger partial charge in [0.25, 0.3) is 5.91 Å². The zero-order valence-electron chi connectivity index (χ0n) is 15.6. The summed E-state index contributed by atoms with van der Waals surface area (Å²) in [6, 6.07) is 26.9. The lowest BCUT2D eigenvalue weighted by atomic mass is 10.2. The average molecular weight is 381 g/mol. The van der Waals surface area contributed by atoms with Gasteiger partial charge in [0, 0.05) is 11.5 Å². The average Bonchev–Trinajstić information content (AvgIpc) is 3.03. The zero-order valence-corrected chi connectivity index (χ0v) is 15.6. The second kappa shape index (κ2) is 8.35. The van der Waals surface area contributed by atoms with E-state index in [1.165, 1.54) is 6.08 Å². The maximum atomic E-state index is 12.1. The van der Waals surface area contributed by atoms with Crippen molar-refractivity contribution >= 4 is 28.6 Å². The Labute approximate surface area is 168 Å². The summed E-state index contributed by atoms with van der Waals surface area (Å²) in [5.74, 6) is -0.508. The maximum absolute atomic E-state index is 12.1. The van der Waals surface area contributed by atoms with Crippen LogP contribution in [0.25, 0.3) is 17.0 Å². The number of para-hydroxylation sites is 1. The van der Waals surface area contributed by atoms with E-state index in [2.05, 4.69) is 10.2 Å². The van der Waals surface area contributed by atoms with Crippen molar-refractivity contribution in [3.05, 3.63) is 102 Å². The van der Waals surface area contributed by atoms with Gasteiger partial charge >= 0.3 is 0 Å². The third-order valence-electron chi connectivity index (χ3n) is 4.57. The van der Waals surface area contributed by atoms with Crippen molar-refractivity contribution in [1.82, 2.24) is 4.57 Å². The molecule has 142 valence electrons. The molecule has 0 atom stereocenters. The van der Waals surface area contributed by atoms with Gasteiger partial charge in [0.05, 0.1) is 12.1 Å². The molecule has 0 spiro atoms. The van der Waals surface area contributed by atoms with Crippen molar-refractivity contribution in [2.24, 2.45) is 10.2 Å². The third kappa shape index (κ3) is 4.14. The summed E-state index contributed by atoms with van der Waals surface area (Å²) in [7, 11) is 0. The summed E-state index contributed by atoms with van der Waals surface area (Å²) in [4.78, 5) is 12.1. The van der Waals surface area contributed by atoms with Crippen molar-refractivity contribution in [1.29, 1.82) is 0 Å². The quantitative estimate of drug-likeness (QED) is 0.355. The van der Waals surface area contributed by atoms with Gasteiger partial charge in [-0.15, -0.1) is 10.2 Å². The first-order chi connectivity index (χ1) is 14.2. The van der Waals surface area contributed by atoms with E-state index in [1.807, 2.05) is 84.9 Å². The fraction of sp³-hybridized carbons (Fsp3) is 0.0417. The number of amides is 1. The summed E-state index contributed by atoms with van der Waals surface area (Å²) < 4.78 is 1.77. The largest absolute Gasteiger partial charge is 0.493 e. The van der Waals surface area contributed by atoms with Gasteiger partial charge in [-0.2, -0.15) is 0 Å². The second-order valence-corrected chi connectivity index (χ2v) is 6.54. The smallest absolute Gasteiger partial charge is 0.288 e. The van der Waals surface area contributed by atoms with Crippen LogP contribution < -0.4 is 0 Å². The van der Waals surface area contributed by atoms with Crippen LogP contribution in [0.15, 0.2) is 101 Å². The highest BCUT2D eigenvalue weighted by molar-refractivity contribution is 5.96. The van der Waals surface area contributed by atoms with Crippen LogP contribution in [0.5, 0.6) is 5.88 Å². The Morgan fingerprint density at radius 2 is 1.55 bits per heavy atom. The summed E-state index contributed by atoms with van der Waals surface area (Å²) in [5.41, 5.74) is 3.07. The van der Waals surface area contributed by atoms with Crippen LogP contribution in [0.4, 0.5) is 5.69 Å². The molecule has 3 aromatic carbocycles. The molecule has 5 heteroatoms. The second-order valence-electron chi connectivity index (χ2n) is 6.54. The maximum Gasteiger partial charge on any atom is 0.288 e. The van der Waals surface area contributed by atoms with E-state index in [0.717, 1.165) is 22.0 Å². The highest BCUT2D eigenvalue weighted by Gasteiger charge is 2.16. The molecule has 1 N–H and O–H groups in total. The van der Waals surface area contributed by atoms with E-state index < -0.39 is 5.91 Å². The molecule has 1 aromatic heterocycles. The SMILES string of the molecule is O=C(/C=C/c1ccccc1)N=Nc1c(O)n(Cc2ccccc2)c2ccccc12. The Bertz CT molecular complexity index is 1190. The Kier molecular flexibility index (Phi) is 5.29. The van der Waals surface area contributed by atoms with Crippen molar-refractivity contribution in [3.8, 4) is 5.88 Å². The minimum absolute atomic E-state index is 0.0151. The number of hydrogen-bond donors (Lipinski definition) is 1. The van der Waals surface area contributed by atoms with Crippen molar-refractivity contribution in [3.63, 3.8) is 0 Å². The van der Waals surface area contributed by atoms with E-state index in [9.17, 15) is 9.90 Å². The number of carbonyl (C=O) groups is 1. The monoisotopic (exact) mass is 381 g/mol. The molecule has 0 radical (unpaired) electrons. The number of azo groups is 1. The first-order valence-electron chi connectivity index (χ1n) is 9.25. The summed E-state index contributed by atoms with van der Waals surface area (Å²) in [6.45, 7) is 0.491. The molecule has 0 aliphatic heterocycles.